The Hall–Kier alpha value is -2.12. The third-order valence-corrected chi connectivity index (χ3v) is 3.88. The number of carbonyl (C=O) groups is 1. The predicted octanol–water partition coefficient (Wildman–Crippen LogP) is 1.81. The number of nitrogens with one attached hydrogen (secondary N) is 1. The first-order valence-electron chi connectivity index (χ1n) is 6.37. The van der Waals surface area contributed by atoms with Gasteiger partial charge >= 0.3 is 5.97 Å². The van der Waals surface area contributed by atoms with Gasteiger partial charge in [-0.2, -0.15) is 0 Å². The summed E-state index contributed by atoms with van der Waals surface area (Å²) in [6.07, 6.45) is 0. The highest BCUT2D eigenvalue weighted by Gasteiger charge is 2.62. The smallest absolute Gasteiger partial charge is 0.346 e. The van der Waals surface area contributed by atoms with Crippen molar-refractivity contribution in [1.82, 2.24) is 0 Å². The summed E-state index contributed by atoms with van der Waals surface area (Å²) in [7, 11) is 0. The highest BCUT2D eigenvalue weighted by Crippen LogP contribution is 2.48. The third kappa shape index (κ3) is 1.89. The molecule has 1 aliphatic rings. The van der Waals surface area contributed by atoms with Crippen LogP contribution in [0.25, 0.3) is 0 Å². The van der Waals surface area contributed by atoms with Crippen molar-refractivity contribution in [3.05, 3.63) is 64.7 Å². The molecule has 0 amide bonds. The van der Waals surface area contributed by atoms with Gasteiger partial charge in [-0.3, -0.25) is 5.48 Å². The Bertz CT molecular complexity index is 738. The number of carboxylic acids is 1. The van der Waals surface area contributed by atoms with Gasteiger partial charge in [0.25, 0.3) is 5.79 Å². The lowest BCUT2D eigenvalue weighted by molar-refractivity contribution is -0.291. The summed E-state index contributed by atoms with van der Waals surface area (Å²) in [5.74, 6) is -4.16. The van der Waals surface area contributed by atoms with Gasteiger partial charge < -0.3 is 15.3 Å². The third-order valence-electron chi connectivity index (χ3n) is 3.65. The lowest BCUT2D eigenvalue weighted by Crippen LogP contribution is -2.55. The van der Waals surface area contributed by atoms with Gasteiger partial charge in [0.1, 0.15) is 0 Å². The van der Waals surface area contributed by atoms with Gasteiger partial charge in [-0.25, -0.2) is 9.63 Å². The Kier molecular flexibility index (Phi) is 3.34. The molecule has 2 aromatic rings. The number of carboxylic acid groups (broad SMARTS) is 1. The van der Waals surface area contributed by atoms with E-state index in [9.17, 15) is 20.1 Å². The summed E-state index contributed by atoms with van der Waals surface area (Å²) < 4.78 is 0. The first-order valence-corrected chi connectivity index (χ1v) is 6.75. The van der Waals surface area contributed by atoms with Crippen molar-refractivity contribution in [2.75, 3.05) is 5.48 Å². The zero-order chi connectivity index (χ0) is 16.0. The van der Waals surface area contributed by atoms with E-state index in [1.54, 1.807) is 18.2 Å². The fourth-order valence-electron chi connectivity index (χ4n) is 2.49. The van der Waals surface area contributed by atoms with Crippen LogP contribution in [0.4, 0.5) is 5.69 Å². The van der Waals surface area contributed by atoms with Crippen LogP contribution in [0.2, 0.25) is 5.02 Å². The van der Waals surface area contributed by atoms with Gasteiger partial charge in [0.15, 0.2) is 0 Å². The summed E-state index contributed by atoms with van der Waals surface area (Å²) in [6.45, 7) is 0. The largest absolute Gasteiger partial charge is 0.479 e. The molecule has 22 heavy (non-hydrogen) atoms. The number of benzene rings is 2. The molecule has 2 atom stereocenters. The number of aliphatic carboxylic acids is 1. The van der Waals surface area contributed by atoms with Crippen molar-refractivity contribution in [3.63, 3.8) is 0 Å². The molecule has 3 rings (SSSR count). The molecule has 6 nitrogen and oxygen atoms in total. The fraction of sp³-hybridized carbons (Fsp3) is 0.133. The zero-order valence-corrected chi connectivity index (χ0v) is 11.9. The molecule has 7 heteroatoms. The van der Waals surface area contributed by atoms with Gasteiger partial charge in [-0.05, 0) is 18.2 Å². The Morgan fingerprint density at radius 1 is 1.23 bits per heavy atom. The van der Waals surface area contributed by atoms with E-state index >= 15 is 0 Å². The normalized spacial score (nSPS) is 22.5. The first kappa shape index (κ1) is 14.8. The molecule has 114 valence electrons. The van der Waals surface area contributed by atoms with Gasteiger partial charge in [-0.1, -0.05) is 41.9 Å². The quantitative estimate of drug-likeness (QED) is 0.688. The molecule has 2 aromatic carbocycles. The molecule has 0 aliphatic carbocycles. The highest BCUT2D eigenvalue weighted by molar-refractivity contribution is 6.30. The maximum Gasteiger partial charge on any atom is 0.346 e. The number of aliphatic hydroxyl groups is 2. The summed E-state index contributed by atoms with van der Waals surface area (Å²) in [5.41, 5.74) is 0.0348. The van der Waals surface area contributed by atoms with Gasteiger partial charge in [0, 0.05) is 16.1 Å². The van der Waals surface area contributed by atoms with E-state index in [2.05, 4.69) is 5.48 Å². The minimum absolute atomic E-state index is 0.0189. The van der Waals surface area contributed by atoms with Crippen LogP contribution >= 0.6 is 11.6 Å². The van der Waals surface area contributed by atoms with Crippen LogP contribution < -0.4 is 5.48 Å². The second kappa shape index (κ2) is 4.96. The van der Waals surface area contributed by atoms with Crippen LogP contribution in [0.1, 0.15) is 11.1 Å². The molecular weight excluding hydrogens is 310 g/mol. The highest BCUT2D eigenvalue weighted by atomic mass is 35.5. The Morgan fingerprint density at radius 2 is 1.91 bits per heavy atom. The van der Waals surface area contributed by atoms with Crippen LogP contribution in [-0.2, 0) is 21.0 Å². The predicted molar refractivity (Wildman–Crippen MR) is 78.0 cm³/mol. The molecule has 0 bridgehead atoms. The lowest BCUT2D eigenvalue weighted by Gasteiger charge is -2.36. The maximum atomic E-state index is 11.7. The Balaban J connectivity index is 2.21. The molecule has 0 saturated carbocycles. The van der Waals surface area contributed by atoms with Crippen molar-refractivity contribution in [2.24, 2.45) is 0 Å². The number of rotatable bonds is 3. The van der Waals surface area contributed by atoms with Crippen LogP contribution in [0.5, 0.6) is 0 Å². The molecule has 1 heterocycles. The van der Waals surface area contributed by atoms with Crippen LogP contribution in [0, 0.1) is 0 Å². The molecule has 2 unspecified atom stereocenters. The van der Waals surface area contributed by atoms with Crippen molar-refractivity contribution >= 4 is 23.3 Å². The zero-order valence-electron chi connectivity index (χ0n) is 11.2. The number of halogens is 1. The van der Waals surface area contributed by atoms with E-state index in [0.29, 0.717) is 5.02 Å². The van der Waals surface area contributed by atoms with Crippen LogP contribution in [0.3, 0.4) is 0 Å². The summed E-state index contributed by atoms with van der Waals surface area (Å²) in [4.78, 5) is 16.8. The van der Waals surface area contributed by atoms with Gasteiger partial charge in [-0.15, -0.1) is 0 Å². The molecule has 0 radical (unpaired) electrons. The summed E-state index contributed by atoms with van der Waals surface area (Å²) in [5, 5.41) is 31.5. The van der Waals surface area contributed by atoms with Crippen molar-refractivity contribution in [1.29, 1.82) is 0 Å². The number of hydrogen-bond acceptors (Lipinski definition) is 5. The first-order chi connectivity index (χ1) is 10.4. The standard InChI is InChI=1S/C15H12ClNO5/c16-10-6-7-11-12(8-10)17-22-15(11,21)14(20,13(18)19)9-4-2-1-3-5-9/h1-8,17,20-21H,(H,18,19). The fourth-order valence-corrected chi connectivity index (χ4v) is 2.66. The van der Waals surface area contributed by atoms with Gasteiger partial charge in [0.05, 0.1) is 5.69 Å². The summed E-state index contributed by atoms with van der Waals surface area (Å²) >= 11 is 5.85. The van der Waals surface area contributed by atoms with Crippen molar-refractivity contribution < 1.29 is 25.0 Å². The topological polar surface area (TPSA) is 99.0 Å². The maximum absolute atomic E-state index is 11.7. The average molecular weight is 322 g/mol. The van der Waals surface area contributed by atoms with Crippen molar-refractivity contribution in [3.8, 4) is 0 Å². The number of anilines is 1. The SMILES string of the molecule is O=C(O)C(O)(c1ccccc1)C1(O)ONc2cc(Cl)ccc21. The van der Waals surface area contributed by atoms with E-state index in [1.165, 1.54) is 30.3 Å². The van der Waals surface area contributed by atoms with E-state index in [4.69, 9.17) is 16.4 Å². The van der Waals surface area contributed by atoms with Crippen molar-refractivity contribution in [2.45, 2.75) is 11.4 Å². The van der Waals surface area contributed by atoms with Crippen LogP contribution in [0.15, 0.2) is 48.5 Å². The lowest BCUT2D eigenvalue weighted by atomic mass is 9.81. The minimum atomic E-state index is -2.71. The van der Waals surface area contributed by atoms with Crippen LogP contribution in [-0.4, -0.2) is 21.3 Å². The number of hydrogen-bond donors (Lipinski definition) is 4. The van der Waals surface area contributed by atoms with E-state index in [0.717, 1.165) is 0 Å². The second-order valence-corrected chi connectivity index (χ2v) is 5.36. The molecule has 1 aliphatic heterocycles. The van der Waals surface area contributed by atoms with E-state index < -0.39 is 17.4 Å². The molecule has 0 saturated heterocycles. The minimum Gasteiger partial charge on any atom is -0.479 e. The summed E-state index contributed by atoms with van der Waals surface area (Å²) in [6, 6.07) is 11.9. The molecule has 0 fully saturated rings. The second-order valence-electron chi connectivity index (χ2n) is 4.92. The Morgan fingerprint density at radius 3 is 2.55 bits per heavy atom. The molecular formula is C15H12ClNO5. The average Bonchev–Trinajstić information content (AvgIpc) is 2.85. The molecule has 4 N–H and O–H groups in total. The van der Waals surface area contributed by atoms with E-state index in [1.807, 2.05) is 0 Å². The number of fused-ring (bicyclic) bond motifs is 1. The molecule has 0 aromatic heterocycles. The van der Waals surface area contributed by atoms with E-state index in [-0.39, 0.29) is 16.8 Å². The molecule has 0 spiro atoms. The Labute approximate surface area is 130 Å². The monoisotopic (exact) mass is 321 g/mol. The van der Waals surface area contributed by atoms with Gasteiger partial charge in [0.2, 0.25) is 5.60 Å².